The van der Waals surface area contributed by atoms with E-state index in [1.807, 2.05) is 18.5 Å². The van der Waals surface area contributed by atoms with Gasteiger partial charge in [0.15, 0.2) is 0 Å². The fraction of sp³-hybridized carbons (Fsp3) is 0.529. The minimum Gasteiger partial charge on any atom is -0.404 e. The summed E-state index contributed by atoms with van der Waals surface area (Å²) >= 11 is 0. The second kappa shape index (κ2) is 7.22. The summed E-state index contributed by atoms with van der Waals surface area (Å²) in [5, 5.41) is 0. The van der Waals surface area contributed by atoms with Crippen molar-refractivity contribution in [1.82, 2.24) is 4.98 Å². The summed E-state index contributed by atoms with van der Waals surface area (Å²) in [5.74, 6) is 0.498. The van der Waals surface area contributed by atoms with Crippen LogP contribution in [0, 0.1) is 0 Å². The molecule has 1 heterocycles. The Labute approximate surface area is 122 Å². The Morgan fingerprint density at radius 3 is 2.60 bits per heavy atom. The molecule has 0 aliphatic heterocycles. The van der Waals surface area contributed by atoms with E-state index in [0.29, 0.717) is 12.0 Å². The number of rotatable bonds is 4. The number of nitrogens with zero attached hydrogens (tertiary/aromatic N) is 2. The topological polar surface area (TPSA) is 51.3 Å². The number of aromatic nitrogens is 1. The molecular weight excluding hydrogens is 246 g/mol. The predicted octanol–water partition coefficient (Wildman–Crippen LogP) is 3.91. The smallest absolute Gasteiger partial charge is 0.0731 e. The Morgan fingerprint density at radius 2 is 2.05 bits per heavy atom. The van der Waals surface area contributed by atoms with Crippen molar-refractivity contribution >= 4 is 11.8 Å². The van der Waals surface area contributed by atoms with Crippen molar-refractivity contribution in [2.75, 3.05) is 0 Å². The van der Waals surface area contributed by atoms with Crippen LogP contribution in [-0.2, 0) is 0 Å². The molecule has 1 aliphatic rings. The molecule has 0 aromatic carbocycles. The van der Waals surface area contributed by atoms with Crippen molar-refractivity contribution in [3.8, 4) is 0 Å². The SMILES string of the molecule is CC(C)c1ccc(/C(C=NC2CCCCC2)=C/N)nc1. The zero-order valence-electron chi connectivity index (χ0n) is 12.5. The monoisotopic (exact) mass is 271 g/mol. The van der Waals surface area contributed by atoms with Crippen molar-refractivity contribution in [2.24, 2.45) is 10.7 Å². The number of allylic oxidation sites excluding steroid dienone is 1. The molecule has 1 fully saturated rings. The highest BCUT2D eigenvalue weighted by Crippen LogP contribution is 2.21. The van der Waals surface area contributed by atoms with Gasteiger partial charge in [0.05, 0.1) is 5.69 Å². The van der Waals surface area contributed by atoms with E-state index in [1.54, 1.807) is 6.20 Å². The maximum atomic E-state index is 5.72. The zero-order chi connectivity index (χ0) is 14.4. The predicted molar refractivity (Wildman–Crippen MR) is 85.9 cm³/mol. The van der Waals surface area contributed by atoms with Gasteiger partial charge in [-0.25, -0.2) is 0 Å². The normalized spacial score (nSPS) is 18.1. The highest BCUT2D eigenvalue weighted by molar-refractivity contribution is 6.08. The highest BCUT2D eigenvalue weighted by Gasteiger charge is 2.11. The molecule has 3 nitrogen and oxygen atoms in total. The molecule has 0 atom stereocenters. The van der Waals surface area contributed by atoms with E-state index in [2.05, 4.69) is 29.9 Å². The summed E-state index contributed by atoms with van der Waals surface area (Å²) in [4.78, 5) is 9.17. The zero-order valence-corrected chi connectivity index (χ0v) is 12.5. The summed E-state index contributed by atoms with van der Waals surface area (Å²) in [6.45, 7) is 4.34. The van der Waals surface area contributed by atoms with Gasteiger partial charge in [-0.15, -0.1) is 0 Å². The molecule has 20 heavy (non-hydrogen) atoms. The molecule has 1 saturated carbocycles. The lowest BCUT2D eigenvalue weighted by molar-refractivity contribution is 0.444. The average Bonchev–Trinajstić information content (AvgIpc) is 2.49. The first kappa shape index (κ1) is 14.8. The van der Waals surface area contributed by atoms with Crippen LogP contribution in [0.15, 0.2) is 29.5 Å². The summed E-state index contributed by atoms with van der Waals surface area (Å²) in [6.07, 6.45) is 11.8. The molecule has 0 amide bonds. The lowest BCUT2D eigenvalue weighted by atomic mass is 9.96. The molecule has 3 heteroatoms. The van der Waals surface area contributed by atoms with Gasteiger partial charge in [0.2, 0.25) is 0 Å². The van der Waals surface area contributed by atoms with E-state index >= 15 is 0 Å². The van der Waals surface area contributed by atoms with Crippen LogP contribution >= 0.6 is 0 Å². The molecule has 2 N–H and O–H groups in total. The molecule has 2 rings (SSSR count). The van der Waals surface area contributed by atoms with E-state index in [4.69, 9.17) is 5.73 Å². The third kappa shape index (κ3) is 3.92. The van der Waals surface area contributed by atoms with Gasteiger partial charge in [-0.05, 0) is 30.4 Å². The summed E-state index contributed by atoms with van der Waals surface area (Å²) < 4.78 is 0. The fourth-order valence-corrected chi connectivity index (χ4v) is 2.53. The van der Waals surface area contributed by atoms with E-state index in [1.165, 1.54) is 37.7 Å². The van der Waals surface area contributed by atoms with E-state index in [-0.39, 0.29) is 0 Å². The molecule has 1 aromatic rings. The number of nitrogens with two attached hydrogens (primary N) is 1. The lowest BCUT2D eigenvalue weighted by Gasteiger charge is -2.17. The van der Waals surface area contributed by atoms with Crippen molar-refractivity contribution in [1.29, 1.82) is 0 Å². The standard InChI is InChI=1S/C17H25N3/c1-13(2)14-8-9-17(20-11-14)15(10-18)12-19-16-6-4-3-5-7-16/h8-13,16H,3-7,18H2,1-2H3/b15-10+,19-12?. The third-order valence-electron chi connectivity index (χ3n) is 3.93. The van der Waals surface area contributed by atoms with Gasteiger partial charge >= 0.3 is 0 Å². The minimum absolute atomic E-state index is 0.466. The van der Waals surface area contributed by atoms with Crippen LogP contribution in [0.5, 0.6) is 0 Å². The Hall–Kier alpha value is -1.64. The second-order valence-corrected chi connectivity index (χ2v) is 5.82. The van der Waals surface area contributed by atoms with Gasteiger partial charge in [0.25, 0.3) is 0 Å². The first-order valence-electron chi connectivity index (χ1n) is 7.62. The first-order valence-corrected chi connectivity index (χ1v) is 7.62. The van der Waals surface area contributed by atoms with E-state index in [0.717, 1.165) is 11.3 Å². The van der Waals surface area contributed by atoms with Crippen molar-refractivity contribution in [3.63, 3.8) is 0 Å². The van der Waals surface area contributed by atoms with Crippen LogP contribution in [0.25, 0.3) is 5.57 Å². The van der Waals surface area contributed by atoms with Crippen molar-refractivity contribution in [3.05, 3.63) is 35.8 Å². The maximum Gasteiger partial charge on any atom is 0.0731 e. The quantitative estimate of drug-likeness (QED) is 0.844. The van der Waals surface area contributed by atoms with Gasteiger partial charge in [-0.3, -0.25) is 9.98 Å². The molecule has 0 saturated heterocycles. The molecule has 0 unspecified atom stereocenters. The molecular formula is C17H25N3. The number of hydrogen-bond acceptors (Lipinski definition) is 3. The van der Waals surface area contributed by atoms with E-state index < -0.39 is 0 Å². The van der Waals surface area contributed by atoms with Crippen LogP contribution in [0.2, 0.25) is 0 Å². The minimum atomic E-state index is 0.466. The number of aliphatic imine (C=N–C) groups is 1. The Kier molecular flexibility index (Phi) is 5.33. The summed E-state index contributed by atoms with van der Waals surface area (Å²) in [5.41, 5.74) is 8.78. The largest absolute Gasteiger partial charge is 0.404 e. The van der Waals surface area contributed by atoms with Crippen LogP contribution in [0.3, 0.4) is 0 Å². The second-order valence-electron chi connectivity index (χ2n) is 5.82. The van der Waals surface area contributed by atoms with Crippen LogP contribution < -0.4 is 5.73 Å². The summed E-state index contributed by atoms with van der Waals surface area (Å²) in [7, 11) is 0. The number of hydrogen-bond donors (Lipinski definition) is 1. The fourth-order valence-electron chi connectivity index (χ4n) is 2.53. The average molecular weight is 271 g/mol. The Bertz CT molecular complexity index is 466. The Balaban J connectivity index is 2.06. The van der Waals surface area contributed by atoms with Crippen molar-refractivity contribution < 1.29 is 0 Å². The van der Waals surface area contributed by atoms with Gasteiger partial charge in [-0.2, -0.15) is 0 Å². The molecule has 0 spiro atoms. The molecule has 0 radical (unpaired) electrons. The lowest BCUT2D eigenvalue weighted by Crippen LogP contribution is -2.10. The van der Waals surface area contributed by atoms with Gasteiger partial charge < -0.3 is 5.73 Å². The van der Waals surface area contributed by atoms with E-state index in [9.17, 15) is 0 Å². The molecule has 1 aromatic heterocycles. The molecule has 108 valence electrons. The molecule has 0 bridgehead atoms. The first-order chi connectivity index (χ1) is 9.70. The van der Waals surface area contributed by atoms with Gasteiger partial charge in [0.1, 0.15) is 0 Å². The Morgan fingerprint density at radius 1 is 1.30 bits per heavy atom. The van der Waals surface area contributed by atoms with Crippen LogP contribution in [0.4, 0.5) is 0 Å². The van der Waals surface area contributed by atoms with Gasteiger partial charge in [-0.1, -0.05) is 39.2 Å². The third-order valence-corrected chi connectivity index (χ3v) is 3.93. The van der Waals surface area contributed by atoms with Crippen LogP contribution in [0.1, 0.15) is 63.1 Å². The van der Waals surface area contributed by atoms with Crippen molar-refractivity contribution in [2.45, 2.75) is 57.9 Å². The van der Waals surface area contributed by atoms with Crippen LogP contribution in [-0.4, -0.2) is 17.2 Å². The maximum absolute atomic E-state index is 5.72. The summed E-state index contributed by atoms with van der Waals surface area (Å²) in [6, 6.07) is 4.61. The molecule has 1 aliphatic carbocycles. The van der Waals surface area contributed by atoms with Gasteiger partial charge in [0, 0.05) is 30.2 Å². The number of pyridine rings is 1. The highest BCUT2D eigenvalue weighted by atomic mass is 14.8.